The number of hydrogen-bond donors (Lipinski definition) is 0. The van der Waals surface area contributed by atoms with Crippen LogP contribution in [0.5, 0.6) is 0 Å². The zero-order valence-corrected chi connectivity index (χ0v) is 12.5. The van der Waals surface area contributed by atoms with E-state index in [0.717, 1.165) is 12.4 Å². The molecule has 0 aromatic carbocycles. The van der Waals surface area contributed by atoms with Gasteiger partial charge in [-0.3, -0.25) is 0 Å². The van der Waals surface area contributed by atoms with Gasteiger partial charge in [-0.05, 0) is 19.8 Å². The summed E-state index contributed by atoms with van der Waals surface area (Å²) in [6, 6.07) is 2.18. The number of halogens is 1. The largest absolute Gasteiger partial charge is 0.377 e. The molecule has 1 heterocycles. The van der Waals surface area contributed by atoms with Crippen molar-refractivity contribution in [2.75, 3.05) is 18.6 Å². The van der Waals surface area contributed by atoms with Gasteiger partial charge in [0.25, 0.3) is 0 Å². The molecule has 0 saturated heterocycles. The third-order valence-electron chi connectivity index (χ3n) is 2.48. The number of anilines is 1. The Hall–Kier alpha value is -0.870. The molecule has 18 heavy (non-hydrogen) atoms. The van der Waals surface area contributed by atoms with E-state index in [1.165, 1.54) is 0 Å². The molecule has 0 aliphatic rings. The van der Waals surface area contributed by atoms with Crippen LogP contribution >= 0.6 is 11.6 Å². The molecule has 0 aliphatic heterocycles. The Morgan fingerprint density at radius 2 is 1.94 bits per heavy atom. The Morgan fingerprint density at radius 1 is 1.28 bits per heavy atom. The van der Waals surface area contributed by atoms with Crippen molar-refractivity contribution < 1.29 is 4.74 Å². The van der Waals surface area contributed by atoms with Crippen molar-refractivity contribution in [3.8, 4) is 0 Å². The van der Waals surface area contributed by atoms with Gasteiger partial charge in [0.05, 0.1) is 0 Å². The lowest BCUT2D eigenvalue weighted by Crippen LogP contribution is -2.35. The standard InChI is InChI=1S/C13H22ClN3O/c1-9(2)7-17(10(3)4)13-6-11(14)15-12(16-13)8-18-5/h6,9-10H,7-8H2,1-5H3. The Kier molecular flexibility index (Phi) is 5.82. The first kappa shape index (κ1) is 15.2. The third-order valence-corrected chi connectivity index (χ3v) is 2.67. The highest BCUT2D eigenvalue weighted by atomic mass is 35.5. The van der Waals surface area contributed by atoms with E-state index in [0.29, 0.717) is 29.5 Å². The van der Waals surface area contributed by atoms with E-state index < -0.39 is 0 Å². The van der Waals surface area contributed by atoms with Crippen molar-refractivity contribution in [3.63, 3.8) is 0 Å². The average molecular weight is 272 g/mol. The Bertz CT molecular complexity index is 382. The SMILES string of the molecule is COCc1nc(Cl)cc(N(CC(C)C)C(C)C)n1. The lowest BCUT2D eigenvalue weighted by atomic mass is 10.2. The first-order valence-electron chi connectivity index (χ1n) is 6.23. The van der Waals surface area contributed by atoms with Gasteiger partial charge in [0.15, 0.2) is 5.82 Å². The second-order valence-corrected chi connectivity index (χ2v) is 5.43. The Balaban J connectivity index is 3.03. The third kappa shape index (κ3) is 4.42. The minimum Gasteiger partial charge on any atom is -0.377 e. The van der Waals surface area contributed by atoms with Crippen molar-refractivity contribution >= 4 is 17.4 Å². The fourth-order valence-corrected chi connectivity index (χ4v) is 1.95. The van der Waals surface area contributed by atoms with Crippen LogP contribution in [-0.2, 0) is 11.3 Å². The lowest BCUT2D eigenvalue weighted by Gasteiger charge is -2.29. The van der Waals surface area contributed by atoms with Gasteiger partial charge in [-0.25, -0.2) is 9.97 Å². The number of nitrogens with zero attached hydrogens (tertiary/aromatic N) is 3. The molecular formula is C13H22ClN3O. The monoisotopic (exact) mass is 271 g/mol. The number of aromatic nitrogens is 2. The highest BCUT2D eigenvalue weighted by Crippen LogP contribution is 2.20. The molecule has 0 saturated carbocycles. The van der Waals surface area contributed by atoms with E-state index in [1.54, 1.807) is 7.11 Å². The summed E-state index contributed by atoms with van der Waals surface area (Å²) in [6.45, 7) is 9.99. The topological polar surface area (TPSA) is 38.2 Å². The van der Waals surface area contributed by atoms with Crippen LogP contribution in [0, 0.1) is 5.92 Å². The average Bonchev–Trinajstić information content (AvgIpc) is 2.24. The maximum absolute atomic E-state index is 6.04. The summed E-state index contributed by atoms with van der Waals surface area (Å²) in [4.78, 5) is 10.9. The summed E-state index contributed by atoms with van der Waals surface area (Å²) in [5.74, 6) is 2.05. The molecule has 0 aliphatic carbocycles. The molecule has 0 radical (unpaired) electrons. The van der Waals surface area contributed by atoms with Gasteiger partial charge in [-0.2, -0.15) is 0 Å². The van der Waals surface area contributed by atoms with Gasteiger partial charge < -0.3 is 9.64 Å². The smallest absolute Gasteiger partial charge is 0.158 e. The van der Waals surface area contributed by atoms with E-state index in [9.17, 15) is 0 Å². The van der Waals surface area contributed by atoms with Gasteiger partial charge in [0, 0.05) is 25.8 Å². The Labute approximate surface area is 114 Å². The quantitative estimate of drug-likeness (QED) is 0.745. The minimum atomic E-state index is 0.369. The molecule has 0 bridgehead atoms. The molecule has 0 atom stereocenters. The minimum absolute atomic E-state index is 0.369. The molecule has 1 aromatic heterocycles. The van der Waals surface area contributed by atoms with E-state index in [2.05, 4.69) is 42.6 Å². The second-order valence-electron chi connectivity index (χ2n) is 5.04. The highest BCUT2D eigenvalue weighted by Gasteiger charge is 2.15. The van der Waals surface area contributed by atoms with Gasteiger partial charge in [0.1, 0.15) is 17.6 Å². The van der Waals surface area contributed by atoms with Crippen molar-refractivity contribution in [1.82, 2.24) is 9.97 Å². The van der Waals surface area contributed by atoms with Crippen LogP contribution in [0.1, 0.15) is 33.5 Å². The van der Waals surface area contributed by atoms with Crippen molar-refractivity contribution in [1.29, 1.82) is 0 Å². The fraction of sp³-hybridized carbons (Fsp3) is 0.692. The van der Waals surface area contributed by atoms with Crippen LogP contribution in [0.4, 0.5) is 5.82 Å². The van der Waals surface area contributed by atoms with E-state index in [1.807, 2.05) is 6.07 Å². The van der Waals surface area contributed by atoms with Crippen LogP contribution in [0.25, 0.3) is 0 Å². The molecule has 0 unspecified atom stereocenters. The van der Waals surface area contributed by atoms with Gasteiger partial charge >= 0.3 is 0 Å². The molecule has 1 aromatic rings. The molecule has 5 heteroatoms. The molecule has 0 fully saturated rings. The number of ether oxygens (including phenoxy) is 1. The van der Waals surface area contributed by atoms with E-state index >= 15 is 0 Å². The van der Waals surface area contributed by atoms with Gasteiger partial charge in [-0.1, -0.05) is 25.4 Å². The van der Waals surface area contributed by atoms with Crippen molar-refractivity contribution in [2.45, 2.75) is 40.3 Å². The first-order valence-corrected chi connectivity index (χ1v) is 6.60. The molecule has 1 rings (SSSR count). The molecule has 0 spiro atoms. The number of hydrogen-bond acceptors (Lipinski definition) is 4. The zero-order chi connectivity index (χ0) is 13.7. The highest BCUT2D eigenvalue weighted by molar-refractivity contribution is 6.29. The predicted molar refractivity (Wildman–Crippen MR) is 75.1 cm³/mol. The molecule has 0 N–H and O–H groups in total. The van der Waals surface area contributed by atoms with Crippen molar-refractivity contribution in [3.05, 3.63) is 17.0 Å². The summed E-state index contributed by atoms with van der Waals surface area (Å²) in [5.41, 5.74) is 0. The van der Waals surface area contributed by atoms with E-state index in [-0.39, 0.29) is 0 Å². The second kappa shape index (κ2) is 6.90. The first-order chi connectivity index (χ1) is 8.43. The maximum Gasteiger partial charge on any atom is 0.158 e. The molecular weight excluding hydrogens is 250 g/mol. The lowest BCUT2D eigenvalue weighted by molar-refractivity contribution is 0.178. The van der Waals surface area contributed by atoms with Crippen LogP contribution in [-0.4, -0.2) is 29.7 Å². The summed E-state index contributed by atoms with van der Waals surface area (Å²) >= 11 is 6.04. The predicted octanol–water partition coefficient (Wildman–Crippen LogP) is 3.15. The summed E-state index contributed by atoms with van der Waals surface area (Å²) in [5, 5.41) is 0.460. The van der Waals surface area contributed by atoms with Crippen molar-refractivity contribution in [2.24, 2.45) is 5.92 Å². The van der Waals surface area contributed by atoms with Crippen LogP contribution in [0.2, 0.25) is 5.15 Å². The van der Waals surface area contributed by atoms with Gasteiger partial charge in [-0.15, -0.1) is 0 Å². The number of methoxy groups -OCH3 is 1. The zero-order valence-electron chi connectivity index (χ0n) is 11.8. The molecule has 102 valence electrons. The van der Waals surface area contributed by atoms with E-state index in [4.69, 9.17) is 16.3 Å². The number of rotatable bonds is 6. The summed E-state index contributed by atoms with van der Waals surface area (Å²) in [6.07, 6.45) is 0. The maximum atomic E-state index is 6.04. The van der Waals surface area contributed by atoms with Crippen LogP contribution in [0.15, 0.2) is 6.07 Å². The normalized spacial score (nSPS) is 11.3. The summed E-state index contributed by atoms with van der Waals surface area (Å²) < 4.78 is 5.06. The molecule has 0 amide bonds. The Morgan fingerprint density at radius 3 is 2.44 bits per heavy atom. The van der Waals surface area contributed by atoms with Crippen LogP contribution in [0.3, 0.4) is 0 Å². The molecule has 4 nitrogen and oxygen atoms in total. The van der Waals surface area contributed by atoms with Crippen LogP contribution < -0.4 is 4.90 Å². The van der Waals surface area contributed by atoms with Gasteiger partial charge in [0.2, 0.25) is 0 Å². The summed E-state index contributed by atoms with van der Waals surface area (Å²) in [7, 11) is 1.62. The fourth-order valence-electron chi connectivity index (χ4n) is 1.75.